The van der Waals surface area contributed by atoms with Gasteiger partial charge in [-0.15, -0.1) is 4.91 Å². The molecule has 21 heavy (non-hydrogen) atoms. The Kier molecular flexibility index (Phi) is 4.40. The van der Waals surface area contributed by atoms with Crippen molar-refractivity contribution in [2.75, 3.05) is 0 Å². The third-order valence-corrected chi connectivity index (χ3v) is 2.76. The Bertz CT molecular complexity index is 679. The molecule has 0 unspecified atom stereocenters. The molecule has 0 saturated heterocycles. The number of hydrogen-bond donors (Lipinski definition) is 1. The van der Waals surface area contributed by atoms with E-state index in [0.29, 0.717) is 11.3 Å². The van der Waals surface area contributed by atoms with Gasteiger partial charge >= 0.3 is 11.9 Å². The molecule has 0 radical (unpaired) electrons. The topological polar surface area (TPSA) is 93.0 Å². The van der Waals surface area contributed by atoms with Crippen LogP contribution in [0.1, 0.15) is 26.3 Å². The van der Waals surface area contributed by atoms with Gasteiger partial charge < -0.3 is 9.84 Å². The van der Waals surface area contributed by atoms with Crippen molar-refractivity contribution >= 4 is 17.6 Å². The van der Waals surface area contributed by atoms with E-state index in [1.54, 1.807) is 12.1 Å². The van der Waals surface area contributed by atoms with Gasteiger partial charge in [0, 0.05) is 0 Å². The zero-order chi connectivity index (χ0) is 15.2. The number of carboxylic acids is 1. The Morgan fingerprint density at radius 2 is 1.71 bits per heavy atom. The Morgan fingerprint density at radius 1 is 1.05 bits per heavy atom. The standard InChI is InChI=1S/C15H11NO5/c17-14(18)11-2-1-3-12(8-11)15(19)21-9-10-4-6-13(16-20)7-5-10/h1-8H,9H2,(H,17,18). The van der Waals surface area contributed by atoms with Crippen molar-refractivity contribution in [3.63, 3.8) is 0 Å². The largest absolute Gasteiger partial charge is 0.478 e. The second kappa shape index (κ2) is 6.42. The second-order valence-corrected chi connectivity index (χ2v) is 4.22. The first kappa shape index (κ1) is 14.4. The van der Waals surface area contributed by atoms with Gasteiger partial charge in [-0.25, -0.2) is 9.59 Å². The van der Waals surface area contributed by atoms with E-state index < -0.39 is 11.9 Å². The van der Waals surface area contributed by atoms with Crippen LogP contribution in [0, 0.1) is 4.91 Å². The zero-order valence-electron chi connectivity index (χ0n) is 10.9. The van der Waals surface area contributed by atoms with Crippen molar-refractivity contribution < 1.29 is 19.4 Å². The maximum absolute atomic E-state index is 11.8. The highest BCUT2D eigenvalue weighted by Gasteiger charge is 2.10. The molecule has 2 rings (SSSR count). The van der Waals surface area contributed by atoms with Crippen molar-refractivity contribution in [3.8, 4) is 0 Å². The third kappa shape index (κ3) is 3.73. The summed E-state index contributed by atoms with van der Waals surface area (Å²) < 4.78 is 5.08. The Labute approximate surface area is 120 Å². The Morgan fingerprint density at radius 3 is 2.33 bits per heavy atom. The lowest BCUT2D eigenvalue weighted by Gasteiger charge is -2.05. The quantitative estimate of drug-likeness (QED) is 0.672. The summed E-state index contributed by atoms with van der Waals surface area (Å²) in [6, 6.07) is 11.9. The first-order valence-corrected chi connectivity index (χ1v) is 6.03. The highest BCUT2D eigenvalue weighted by atomic mass is 16.5. The molecule has 0 saturated carbocycles. The van der Waals surface area contributed by atoms with Gasteiger partial charge in [-0.2, -0.15) is 0 Å². The van der Waals surface area contributed by atoms with Crippen LogP contribution >= 0.6 is 0 Å². The van der Waals surface area contributed by atoms with Gasteiger partial charge in [0.2, 0.25) is 0 Å². The highest BCUT2D eigenvalue weighted by molar-refractivity contribution is 5.94. The average molecular weight is 285 g/mol. The zero-order valence-corrected chi connectivity index (χ0v) is 10.9. The first-order chi connectivity index (χ1) is 10.1. The summed E-state index contributed by atoms with van der Waals surface area (Å²) in [4.78, 5) is 32.9. The molecule has 0 aliphatic heterocycles. The number of nitrogens with zero attached hydrogens (tertiary/aromatic N) is 1. The molecular weight excluding hydrogens is 274 g/mol. The molecule has 0 heterocycles. The molecule has 0 bridgehead atoms. The number of benzene rings is 2. The summed E-state index contributed by atoms with van der Waals surface area (Å²) >= 11 is 0. The summed E-state index contributed by atoms with van der Waals surface area (Å²) in [7, 11) is 0. The number of aromatic carboxylic acids is 1. The van der Waals surface area contributed by atoms with E-state index in [1.807, 2.05) is 0 Å². The third-order valence-electron chi connectivity index (χ3n) is 2.76. The van der Waals surface area contributed by atoms with Gasteiger partial charge in [-0.05, 0) is 41.1 Å². The van der Waals surface area contributed by atoms with E-state index in [0.717, 1.165) is 0 Å². The maximum atomic E-state index is 11.8. The van der Waals surface area contributed by atoms with Crippen LogP contribution in [-0.2, 0) is 11.3 Å². The predicted octanol–water partition coefficient (Wildman–Crippen LogP) is 3.14. The summed E-state index contributed by atoms with van der Waals surface area (Å²) in [5, 5.41) is 11.6. The van der Waals surface area contributed by atoms with E-state index >= 15 is 0 Å². The van der Waals surface area contributed by atoms with Gasteiger partial charge in [0.15, 0.2) is 0 Å². The van der Waals surface area contributed by atoms with E-state index in [9.17, 15) is 14.5 Å². The summed E-state index contributed by atoms with van der Waals surface area (Å²) in [6.45, 7) is 0.0231. The molecule has 0 fully saturated rings. The molecule has 0 amide bonds. The van der Waals surface area contributed by atoms with E-state index in [4.69, 9.17) is 9.84 Å². The van der Waals surface area contributed by atoms with Crippen LogP contribution < -0.4 is 0 Å². The second-order valence-electron chi connectivity index (χ2n) is 4.22. The fraction of sp³-hybridized carbons (Fsp3) is 0.0667. The normalized spacial score (nSPS) is 9.90. The van der Waals surface area contributed by atoms with Crippen LogP contribution in [0.5, 0.6) is 0 Å². The van der Waals surface area contributed by atoms with Gasteiger partial charge in [-0.1, -0.05) is 18.2 Å². The molecular formula is C15H11NO5. The lowest BCUT2D eigenvalue weighted by molar-refractivity contribution is 0.0472. The minimum atomic E-state index is -1.11. The summed E-state index contributed by atoms with van der Waals surface area (Å²) in [5.41, 5.74) is 1.18. The molecule has 1 N–H and O–H groups in total. The van der Waals surface area contributed by atoms with Crippen LogP contribution in [0.4, 0.5) is 5.69 Å². The van der Waals surface area contributed by atoms with Crippen LogP contribution in [0.25, 0.3) is 0 Å². The van der Waals surface area contributed by atoms with Gasteiger partial charge in [0.05, 0.1) is 11.1 Å². The lowest BCUT2D eigenvalue weighted by Crippen LogP contribution is -2.07. The first-order valence-electron chi connectivity index (χ1n) is 6.03. The molecule has 106 valence electrons. The molecule has 2 aromatic rings. The van der Waals surface area contributed by atoms with Crippen LogP contribution in [-0.4, -0.2) is 17.0 Å². The summed E-state index contributed by atoms with van der Waals surface area (Å²) in [6.07, 6.45) is 0. The van der Waals surface area contributed by atoms with Crippen LogP contribution in [0.2, 0.25) is 0 Å². The van der Waals surface area contributed by atoms with Crippen LogP contribution in [0.3, 0.4) is 0 Å². The molecule has 2 aromatic carbocycles. The average Bonchev–Trinajstić information content (AvgIpc) is 2.53. The predicted molar refractivity (Wildman–Crippen MR) is 74.4 cm³/mol. The number of hydrogen-bond acceptors (Lipinski definition) is 5. The fourth-order valence-corrected chi connectivity index (χ4v) is 1.66. The van der Waals surface area contributed by atoms with E-state index in [2.05, 4.69) is 5.18 Å². The van der Waals surface area contributed by atoms with Crippen molar-refractivity contribution in [2.24, 2.45) is 5.18 Å². The number of carboxylic acid groups (broad SMARTS) is 1. The highest BCUT2D eigenvalue weighted by Crippen LogP contribution is 2.14. The molecule has 0 spiro atoms. The number of carbonyl (C=O) groups is 2. The Balaban J connectivity index is 2.02. The number of ether oxygens (including phenoxy) is 1. The maximum Gasteiger partial charge on any atom is 0.338 e. The molecule has 0 aliphatic carbocycles. The number of carbonyl (C=O) groups excluding carboxylic acids is 1. The molecule has 0 aromatic heterocycles. The molecule has 0 aliphatic rings. The summed E-state index contributed by atoms with van der Waals surface area (Å²) in [5.74, 6) is -1.72. The van der Waals surface area contributed by atoms with Gasteiger partial charge in [0.1, 0.15) is 12.3 Å². The number of nitroso groups, excluding NO2 is 1. The molecule has 6 nitrogen and oxygen atoms in total. The SMILES string of the molecule is O=Nc1ccc(COC(=O)c2cccc(C(=O)O)c2)cc1. The van der Waals surface area contributed by atoms with Gasteiger partial charge in [0.25, 0.3) is 0 Å². The fourth-order valence-electron chi connectivity index (χ4n) is 1.66. The monoisotopic (exact) mass is 285 g/mol. The molecule has 0 atom stereocenters. The van der Waals surface area contributed by atoms with Gasteiger partial charge in [-0.3, -0.25) is 0 Å². The number of rotatable bonds is 5. The minimum absolute atomic E-state index is 0.0193. The molecule has 6 heteroatoms. The smallest absolute Gasteiger partial charge is 0.338 e. The van der Waals surface area contributed by atoms with E-state index in [1.165, 1.54) is 36.4 Å². The van der Waals surface area contributed by atoms with Crippen molar-refractivity contribution in [1.82, 2.24) is 0 Å². The minimum Gasteiger partial charge on any atom is -0.478 e. The van der Waals surface area contributed by atoms with E-state index in [-0.39, 0.29) is 17.7 Å². The lowest BCUT2D eigenvalue weighted by atomic mass is 10.1. The van der Waals surface area contributed by atoms with Crippen LogP contribution in [0.15, 0.2) is 53.7 Å². The Hall–Kier alpha value is -3.02. The van der Waals surface area contributed by atoms with Crippen molar-refractivity contribution in [2.45, 2.75) is 6.61 Å². The number of esters is 1. The van der Waals surface area contributed by atoms with Crippen molar-refractivity contribution in [1.29, 1.82) is 0 Å². The van der Waals surface area contributed by atoms with Crippen molar-refractivity contribution in [3.05, 3.63) is 70.1 Å².